The second-order valence-corrected chi connectivity index (χ2v) is 15.3. The van der Waals surface area contributed by atoms with Gasteiger partial charge in [0.05, 0.1) is 132 Å². The van der Waals surface area contributed by atoms with Crippen LogP contribution in [0.4, 0.5) is 5.69 Å². The molecule has 6 rings (SSSR count). The number of hydrogen-bond donors (Lipinski definition) is 0. The molecule has 0 N–H and O–H groups in total. The van der Waals surface area contributed by atoms with Crippen LogP contribution in [-0.2, 0) is 60.5 Å². The lowest BCUT2D eigenvalue weighted by atomic mass is 10.0. The minimum atomic E-state index is -0.401. The molecule has 18 nitrogen and oxygen atoms in total. The molecular weight excluding hydrogens is 841 g/mol. The zero-order valence-electron chi connectivity index (χ0n) is 37.4. The Bertz CT molecular complexity index is 1800. The van der Waals surface area contributed by atoms with E-state index in [2.05, 4.69) is 9.80 Å². The molecule has 2 saturated heterocycles. The molecule has 1 aromatic carbocycles. The Morgan fingerprint density at radius 1 is 0.431 bits per heavy atom. The van der Waals surface area contributed by atoms with E-state index in [0.717, 1.165) is 35.4 Å². The maximum atomic E-state index is 11.5. The summed E-state index contributed by atoms with van der Waals surface area (Å²) in [6.07, 6.45) is 1.57. The quantitative estimate of drug-likeness (QED) is 0.165. The summed E-state index contributed by atoms with van der Waals surface area (Å²) in [5.74, 6) is 0. The number of ether oxygens (including phenoxy) is 10. The number of nitrogens with zero attached hydrogens (tertiary/aromatic N) is 6. The Morgan fingerprint density at radius 3 is 1.26 bits per heavy atom. The van der Waals surface area contributed by atoms with Crippen molar-refractivity contribution in [2.45, 2.75) is 25.9 Å². The van der Waals surface area contributed by atoms with E-state index < -0.39 is 4.92 Å². The summed E-state index contributed by atoms with van der Waals surface area (Å²) in [6.45, 7) is 12.6. The van der Waals surface area contributed by atoms with Gasteiger partial charge in [-0.1, -0.05) is 12.1 Å². The second kappa shape index (κ2) is 30.0. The maximum absolute atomic E-state index is 11.5. The van der Waals surface area contributed by atoms with Gasteiger partial charge in [-0.15, -0.1) is 0 Å². The Morgan fingerprint density at radius 2 is 0.815 bits per heavy atom. The first-order chi connectivity index (χ1) is 32.1. The van der Waals surface area contributed by atoms with E-state index >= 15 is 0 Å². The molecule has 0 unspecified atom stereocenters. The molecule has 2 aliphatic rings. The number of benzene rings is 1. The molecule has 0 spiro atoms. The summed E-state index contributed by atoms with van der Waals surface area (Å²) in [6, 6.07) is 22.3. The Kier molecular flexibility index (Phi) is 23.1. The number of non-ortho nitro benzene ring substituents is 1. The summed E-state index contributed by atoms with van der Waals surface area (Å²) >= 11 is 0. The van der Waals surface area contributed by atoms with Gasteiger partial charge in [0.15, 0.2) is 0 Å². The molecule has 2 aliphatic heterocycles. The van der Waals surface area contributed by atoms with Gasteiger partial charge in [0.2, 0.25) is 0 Å². The maximum Gasteiger partial charge on any atom is 0.269 e. The summed E-state index contributed by atoms with van der Waals surface area (Å²) in [5, 5.41) is 11.5. The monoisotopic (exact) mass is 904 g/mol. The van der Waals surface area contributed by atoms with Gasteiger partial charge in [-0.3, -0.25) is 19.9 Å². The lowest BCUT2D eigenvalue weighted by Gasteiger charge is -2.22. The number of nitro benzene ring substituents is 1. The van der Waals surface area contributed by atoms with Crippen molar-refractivity contribution in [3.8, 4) is 33.9 Å². The molecule has 5 heterocycles. The lowest BCUT2D eigenvalue weighted by Crippen LogP contribution is -2.31. The average molecular weight is 905 g/mol. The highest BCUT2D eigenvalue weighted by atomic mass is 16.7. The van der Waals surface area contributed by atoms with E-state index in [1.165, 1.54) is 12.1 Å². The first-order valence-corrected chi connectivity index (χ1v) is 22.5. The molecular formula is C47H64N6O12. The van der Waals surface area contributed by atoms with Crippen LogP contribution in [0.25, 0.3) is 33.9 Å². The molecule has 2 fully saturated rings. The van der Waals surface area contributed by atoms with Crippen molar-refractivity contribution in [1.82, 2.24) is 24.8 Å². The normalized spacial score (nSPS) is 19.3. The number of aromatic nitrogens is 3. The largest absolute Gasteiger partial charge is 0.379 e. The zero-order chi connectivity index (χ0) is 45.0. The van der Waals surface area contributed by atoms with Gasteiger partial charge < -0.3 is 47.4 Å². The van der Waals surface area contributed by atoms with Crippen LogP contribution in [0.2, 0.25) is 0 Å². The molecule has 0 bridgehead atoms. The van der Waals surface area contributed by atoms with E-state index in [4.69, 9.17) is 62.3 Å². The van der Waals surface area contributed by atoms with Crippen molar-refractivity contribution in [1.29, 1.82) is 0 Å². The van der Waals surface area contributed by atoms with Gasteiger partial charge in [-0.25, -0.2) is 15.0 Å². The number of hydrogen-bond acceptors (Lipinski definition) is 17. The standard InChI is InChI=1S/C47H64N6O12/c54-53(55)43-11-9-39(10-12-43)40-33-46(44-7-1-5-41(48-44)35-51-13-21-58-27-31-60-29-25-56-17-3-19-62-37-64-23-15-51)50-47(34-40)45-8-2-6-42(49-45)36-52-14-22-59-28-32-61-30-26-57-18-4-20-63-38-65-24-16-52/h1-2,5-12,33-34H,3-4,13-32,35-38H2. The van der Waals surface area contributed by atoms with E-state index in [-0.39, 0.29) is 19.3 Å². The predicted molar refractivity (Wildman–Crippen MR) is 241 cm³/mol. The average Bonchev–Trinajstić information content (AvgIpc) is 3.32. The molecule has 65 heavy (non-hydrogen) atoms. The summed E-state index contributed by atoms with van der Waals surface area (Å²) in [4.78, 5) is 31.0. The van der Waals surface area contributed by atoms with Gasteiger partial charge in [0.1, 0.15) is 13.6 Å². The van der Waals surface area contributed by atoms with Crippen molar-refractivity contribution in [2.75, 3.05) is 145 Å². The molecule has 0 atom stereocenters. The summed E-state index contributed by atoms with van der Waals surface area (Å²) in [5.41, 5.74) is 5.97. The number of nitro groups is 1. The SMILES string of the molecule is O=[N+]([O-])c1ccc(-c2cc(-c3cccc(CN4CCOCCOCCOCCCOCOCC4)n3)nc(-c3cccc(CN4CCOCCOCCOCCCOCOCC4)n3)c2)cc1. The van der Waals surface area contributed by atoms with Crippen LogP contribution < -0.4 is 0 Å². The van der Waals surface area contributed by atoms with Crippen molar-refractivity contribution in [3.05, 3.63) is 94.3 Å². The van der Waals surface area contributed by atoms with E-state index in [1.807, 2.05) is 48.5 Å². The van der Waals surface area contributed by atoms with Crippen LogP contribution in [0.3, 0.4) is 0 Å². The van der Waals surface area contributed by atoms with E-state index in [9.17, 15) is 10.1 Å². The smallest absolute Gasteiger partial charge is 0.269 e. The van der Waals surface area contributed by atoms with E-state index in [1.54, 1.807) is 12.1 Å². The molecule has 354 valence electrons. The van der Waals surface area contributed by atoms with Crippen LogP contribution in [0.1, 0.15) is 24.2 Å². The Labute approximate surface area is 381 Å². The molecule has 0 saturated carbocycles. The van der Waals surface area contributed by atoms with Gasteiger partial charge in [0, 0.05) is 64.6 Å². The second-order valence-electron chi connectivity index (χ2n) is 15.3. The Hall–Kier alpha value is -4.41. The first kappa shape index (κ1) is 50.0. The van der Waals surface area contributed by atoms with Crippen LogP contribution in [0.5, 0.6) is 0 Å². The summed E-state index contributed by atoms with van der Waals surface area (Å²) < 4.78 is 57.1. The molecule has 3 aromatic heterocycles. The third-order valence-electron chi connectivity index (χ3n) is 10.3. The van der Waals surface area contributed by atoms with Crippen LogP contribution in [-0.4, -0.2) is 175 Å². The number of rotatable bonds is 8. The highest BCUT2D eigenvalue weighted by Crippen LogP contribution is 2.30. The molecule has 4 aromatic rings. The zero-order valence-corrected chi connectivity index (χ0v) is 37.4. The van der Waals surface area contributed by atoms with Crippen LogP contribution >= 0.6 is 0 Å². The lowest BCUT2D eigenvalue weighted by molar-refractivity contribution is -0.384. The highest BCUT2D eigenvalue weighted by Gasteiger charge is 2.16. The highest BCUT2D eigenvalue weighted by molar-refractivity contribution is 5.75. The Balaban J connectivity index is 1.20. The minimum Gasteiger partial charge on any atom is -0.379 e. The third kappa shape index (κ3) is 19.1. The van der Waals surface area contributed by atoms with Crippen molar-refractivity contribution in [2.24, 2.45) is 0 Å². The fourth-order valence-corrected chi connectivity index (χ4v) is 6.89. The van der Waals surface area contributed by atoms with Gasteiger partial charge in [0.25, 0.3) is 5.69 Å². The molecule has 0 radical (unpaired) electrons. The minimum absolute atomic E-state index is 0.0136. The van der Waals surface area contributed by atoms with Gasteiger partial charge in [-0.05, 0) is 72.5 Å². The molecule has 0 amide bonds. The van der Waals surface area contributed by atoms with Crippen molar-refractivity contribution in [3.63, 3.8) is 0 Å². The molecule has 18 heteroatoms. The first-order valence-electron chi connectivity index (χ1n) is 22.5. The fourth-order valence-electron chi connectivity index (χ4n) is 6.89. The topological polar surface area (TPSA) is 181 Å². The van der Waals surface area contributed by atoms with Gasteiger partial charge in [-0.2, -0.15) is 0 Å². The van der Waals surface area contributed by atoms with Crippen molar-refractivity contribution < 1.29 is 52.3 Å². The van der Waals surface area contributed by atoms with E-state index in [0.29, 0.717) is 168 Å². The number of pyridine rings is 3. The third-order valence-corrected chi connectivity index (χ3v) is 10.3. The summed E-state index contributed by atoms with van der Waals surface area (Å²) in [7, 11) is 0. The van der Waals surface area contributed by atoms with Crippen LogP contribution in [0, 0.1) is 10.1 Å². The van der Waals surface area contributed by atoms with Crippen molar-refractivity contribution >= 4 is 5.69 Å². The predicted octanol–water partition coefficient (Wildman–Crippen LogP) is 5.27. The van der Waals surface area contributed by atoms with Crippen LogP contribution in [0.15, 0.2) is 72.8 Å². The fraction of sp³-hybridized carbons (Fsp3) is 0.553. The molecule has 0 aliphatic carbocycles. The van der Waals surface area contributed by atoms with Gasteiger partial charge >= 0.3 is 0 Å².